The van der Waals surface area contributed by atoms with Gasteiger partial charge in [0.25, 0.3) is 5.91 Å². The van der Waals surface area contributed by atoms with Crippen molar-refractivity contribution < 1.29 is 14.3 Å². The van der Waals surface area contributed by atoms with Crippen LogP contribution in [0.4, 0.5) is 0 Å². The maximum atomic E-state index is 12.4. The molecule has 0 bridgehead atoms. The monoisotopic (exact) mass is 351 g/mol. The Bertz CT molecular complexity index is 753. The fraction of sp³-hybridized carbons (Fsp3) is 0.318. The Morgan fingerprint density at radius 3 is 2.65 bits per heavy atom. The Labute approximate surface area is 154 Å². The molecule has 1 saturated carbocycles. The van der Waals surface area contributed by atoms with Crippen LogP contribution < -0.4 is 14.8 Å². The summed E-state index contributed by atoms with van der Waals surface area (Å²) in [6.45, 7) is 3.71. The minimum atomic E-state index is -0.122. The molecule has 136 valence electrons. The summed E-state index contributed by atoms with van der Waals surface area (Å²) in [5, 5.41) is 3.12. The first-order valence-electron chi connectivity index (χ1n) is 8.96. The second-order valence-electron chi connectivity index (χ2n) is 6.56. The molecule has 1 N–H and O–H groups in total. The highest BCUT2D eigenvalue weighted by molar-refractivity contribution is 5.78. The standard InChI is InChI=1S/C22H25NO3/c1-3-7-16-10-13-19(20(14-16)25-2)26-15-21(24)23-22(18-11-12-18)17-8-5-4-6-9-17/h3-6,8-10,13-14,18,22H,1,7,11-12,15H2,2H3,(H,23,24). The molecule has 0 heterocycles. The normalized spacial score (nSPS) is 14.3. The average molecular weight is 351 g/mol. The molecule has 3 rings (SSSR count). The Morgan fingerprint density at radius 1 is 1.23 bits per heavy atom. The number of allylic oxidation sites excluding steroid dienone is 1. The van der Waals surface area contributed by atoms with Crippen molar-refractivity contribution in [3.05, 3.63) is 72.3 Å². The van der Waals surface area contributed by atoms with Crippen molar-refractivity contribution >= 4 is 5.91 Å². The molecule has 2 aromatic rings. The fourth-order valence-electron chi connectivity index (χ4n) is 3.05. The number of carbonyl (C=O) groups excluding carboxylic acids is 1. The largest absolute Gasteiger partial charge is 0.493 e. The lowest BCUT2D eigenvalue weighted by atomic mass is 10.0. The number of carbonyl (C=O) groups is 1. The maximum absolute atomic E-state index is 12.4. The summed E-state index contributed by atoms with van der Waals surface area (Å²) in [5.41, 5.74) is 2.24. The third-order valence-electron chi connectivity index (χ3n) is 4.54. The highest BCUT2D eigenvalue weighted by Gasteiger charge is 2.33. The predicted molar refractivity (Wildman–Crippen MR) is 102 cm³/mol. The van der Waals surface area contributed by atoms with Gasteiger partial charge in [0.1, 0.15) is 0 Å². The molecule has 0 saturated heterocycles. The Hall–Kier alpha value is -2.75. The van der Waals surface area contributed by atoms with Crippen molar-refractivity contribution in [3.63, 3.8) is 0 Å². The zero-order chi connectivity index (χ0) is 18.4. The molecule has 0 aromatic heterocycles. The fourth-order valence-corrected chi connectivity index (χ4v) is 3.05. The van der Waals surface area contributed by atoms with Crippen LogP contribution in [0.2, 0.25) is 0 Å². The summed E-state index contributed by atoms with van der Waals surface area (Å²) in [4.78, 5) is 12.4. The molecule has 26 heavy (non-hydrogen) atoms. The van der Waals surface area contributed by atoms with Crippen molar-refractivity contribution in [2.45, 2.75) is 25.3 Å². The summed E-state index contributed by atoms with van der Waals surface area (Å²) in [6, 6.07) is 15.9. The molecule has 0 radical (unpaired) electrons. The predicted octanol–water partition coefficient (Wildman–Crippen LogP) is 4.07. The van der Waals surface area contributed by atoms with Crippen LogP contribution in [-0.4, -0.2) is 19.6 Å². The molecular weight excluding hydrogens is 326 g/mol. The van der Waals surface area contributed by atoms with E-state index in [0.717, 1.165) is 30.4 Å². The molecule has 1 aliphatic rings. The highest BCUT2D eigenvalue weighted by Crippen LogP contribution is 2.40. The zero-order valence-corrected chi connectivity index (χ0v) is 15.1. The van der Waals surface area contributed by atoms with Crippen LogP contribution in [0.5, 0.6) is 11.5 Å². The van der Waals surface area contributed by atoms with Gasteiger partial charge in [-0.15, -0.1) is 6.58 Å². The third-order valence-corrected chi connectivity index (χ3v) is 4.54. The second-order valence-corrected chi connectivity index (χ2v) is 6.56. The molecular formula is C22H25NO3. The topological polar surface area (TPSA) is 47.6 Å². The number of ether oxygens (including phenoxy) is 2. The van der Waals surface area contributed by atoms with Gasteiger partial charge < -0.3 is 14.8 Å². The first-order valence-corrected chi connectivity index (χ1v) is 8.96. The van der Waals surface area contributed by atoms with Crippen LogP contribution in [0.3, 0.4) is 0 Å². The number of benzene rings is 2. The number of amides is 1. The van der Waals surface area contributed by atoms with E-state index in [2.05, 4.69) is 24.0 Å². The van der Waals surface area contributed by atoms with Gasteiger partial charge in [0.2, 0.25) is 0 Å². The average Bonchev–Trinajstić information content (AvgIpc) is 3.51. The SMILES string of the molecule is C=CCc1ccc(OCC(=O)NC(c2ccccc2)C2CC2)c(OC)c1. The Kier molecular flexibility index (Phi) is 5.95. The number of methoxy groups -OCH3 is 1. The lowest BCUT2D eigenvalue weighted by molar-refractivity contribution is -0.124. The van der Waals surface area contributed by atoms with Gasteiger partial charge in [0.15, 0.2) is 18.1 Å². The van der Waals surface area contributed by atoms with E-state index in [-0.39, 0.29) is 18.6 Å². The second kappa shape index (κ2) is 8.56. The molecule has 1 atom stereocenters. The van der Waals surface area contributed by atoms with E-state index < -0.39 is 0 Å². The Balaban J connectivity index is 1.60. The molecule has 0 spiro atoms. The summed E-state index contributed by atoms with van der Waals surface area (Å²) < 4.78 is 11.1. The van der Waals surface area contributed by atoms with Crippen LogP contribution in [0.1, 0.15) is 30.0 Å². The summed E-state index contributed by atoms with van der Waals surface area (Å²) in [5.74, 6) is 1.59. The van der Waals surface area contributed by atoms with Crippen molar-refractivity contribution in [1.82, 2.24) is 5.32 Å². The number of nitrogens with one attached hydrogen (secondary N) is 1. The molecule has 1 amide bonds. The minimum absolute atomic E-state index is 0.0345. The number of rotatable bonds is 9. The van der Waals surface area contributed by atoms with E-state index in [1.54, 1.807) is 7.11 Å². The summed E-state index contributed by atoms with van der Waals surface area (Å²) in [7, 11) is 1.60. The van der Waals surface area contributed by atoms with E-state index in [0.29, 0.717) is 17.4 Å². The molecule has 1 unspecified atom stereocenters. The van der Waals surface area contributed by atoms with Crippen molar-refractivity contribution in [3.8, 4) is 11.5 Å². The first-order chi connectivity index (χ1) is 12.7. The first kappa shape index (κ1) is 18.1. The van der Waals surface area contributed by atoms with E-state index in [1.165, 1.54) is 0 Å². The smallest absolute Gasteiger partial charge is 0.258 e. The summed E-state index contributed by atoms with van der Waals surface area (Å²) >= 11 is 0. The van der Waals surface area contributed by atoms with E-state index in [1.807, 2.05) is 42.5 Å². The van der Waals surface area contributed by atoms with Crippen molar-refractivity contribution in [2.75, 3.05) is 13.7 Å². The van der Waals surface area contributed by atoms with Crippen molar-refractivity contribution in [2.24, 2.45) is 5.92 Å². The quantitative estimate of drug-likeness (QED) is 0.693. The van der Waals surface area contributed by atoms with Gasteiger partial charge in [0, 0.05) is 0 Å². The lowest BCUT2D eigenvalue weighted by Gasteiger charge is -2.19. The Morgan fingerprint density at radius 2 is 2.00 bits per heavy atom. The van der Waals surface area contributed by atoms with Crippen LogP contribution in [0.25, 0.3) is 0 Å². The van der Waals surface area contributed by atoms with Crippen LogP contribution >= 0.6 is 0 Å². The van der Waals surface area contributed by atoms with Crippen LogP contribution in [-0.2, 0) is 11.2 Å². The van der Waals surface area contributed by atoms with Crippen LogP contribution in [0.15, 0.2) is 61.2 Å². The van der Waals surface area contributed by atoms with Crippen molar-refractivity contribution in [1.29, 1.82) is 0 Å². The molecule has 4 heteroatoms. The van der Waals surface area contributed by atoms with E-state index in [9.17, 15) is 4.79 Å². The molecule has 0 aliphatic heterocycles. The van der Waals surface area contributed by atoms with E-state index >= 15 is 0 Å². The molecule has 1 aliphatic carbocycles. The molecule has 2 aromatic carbocycles. The minimum Gasteiger partial charge on any atom is -0.493 e. The van der Waals surface area contributed by atoms with Gasteiger partial charge >= 0.3 is 0 Å². The maximum Gasteiger partial charge on any atom is 0.258 e. The van der Waals surface area contributed by atoms with E-state index in [4.69, 9.17) is 9.47 Å². The van der Waals surface area contributed by atoms with Crippen LogP contribution in [0, 0.1) is 5.92 Å². The number of hydrogen-bond acceptors (Lipinski definition) is 3. The highest BCUT2D eigenvalue weighted by atomic mass is 16.5. The summed E-state index contributed by atoms with van der Waals surface area (Å²) in [6.07, 6.45) is 4.90. The van der Waals surface area contributed by atoms with Gasteiger partial charge in [-0.25, -0.2) is 0 Å². The van der Waals surface area contributed by atoms with Gasteiger partial charge in [-0.2, -0.15) is 0 Å². The van der Waals surface area contributed by atoms with Gasteiger partial charge in [-0.1, -0.05) is 42.5 Å². The zero-order valence-electron chi connectivity index (χ0n) is 15.1. The van der Waals surface area contributed by atoms with Gasteiger partial charge in [0.05, 0.1) is 13.2 Å². The molecule has 4 nitrogen and oxygen atoms in total. The number of hydrogen-bond donors (Lipinski definition) is 1. The van der Waals surface area contributed by atoms with Gasteiger partial charge in [-0.3, -0.25) is 4.79 Å². The third kappa shape index (κ3) is 4.66. The lowest BCUT2D eigenvalue weighted by Crippen LogP contribution is -2.33. The molecule has 1 fully saturated rings. The van der Waals surface area contributed by atoms with Gasteiger partial charge in [-0.05, 0) is 48.4 Å².